The van der Waals surface area contributed by atoms with Crippen molar-refractivity contribution in [3.8, 4) is 16.8 Å². The third-order valence-electron chi connectivity index (χ3n) is 6.79. The van der Waals surface area contributed by atoms with Crippen molar-refractivity contribution in [2.75, 3.05) is 16.8 Å². The Hall–Kier alpha value is -4.75. The topological polar surface area (TPSA) is 167 Å². The summed E-state index contributed by atoms with van der Waals surface area (Å²) in [6, 6.07) is 14.4. The Morgan fingerprint density at radius 3 is 2.45 bits per heavy atom. The van der Waals surface area contributed by atoms with Crippen molar-refractivity contribution < 1.29 is 8.60 Å². The average molecular weight is 616 g/mol. The second kappa shape index (κ2) is 12.1. The Kier molecular flexibility index (Phi) is 8.44. The van der Waals surface area contributed by atoms with Crippen LogP contribution in [0.1, 0.15) is 51.7 Å². The minimum atomic E-state index is -1.65. The molecule has 0 saturated carbocycles. The number of rotatable bonds is 8. The first-order valence-corrected chi connectivity index (χ1v) is 15.2. The van der Waals surface area contributed by atoms with Crippen LogP contribution < -0.4 is 27.1 Å². The van der Waals surface area contributed by atoms with Gasteiger partial charge in [-0.3, -0.25) is 9.36 Å². The van der Waals surface area contributed by atoms with E-state index in [2.05, 4.69) is 25.0 Å². The van der Waals surface area contributed by atoms with Crippen molar-refractivity contribution >= 4 is 39.5 Å². The first kappa shape index (κ1) is 30.7. The number of fused-ring (bicyclic) bond motifs is 1. The first-order valence-electron chi connectivity index (χ1n) is 14.0. The van der Waals surface area contributed by atoms with Crippen LogP contribution in [0.3, 0.4) is 0 Å². The van der Waals surface area contributed by atoms with Crippen LogP contribution in [0.25, 0.3) is 27.7 Å². The Morgan fingerprint density at radius 2 is 1.77 bits per heavy atom. The van der Waals surface area contributed by atoms with Gasteiger partial charge >= 0.3 is 0 Å². The van der Waals surface area contributed by atoms with Crippen LogP contribution >= 0.6 is 0 Å². The third kappa shape index (κ3) is 6.15. The molecular weight excluding hydrogens is 581 g/mol. The SMILES string of the molecule is CCC(Nc1nc(N)nc(C)c1-c1cnc(N)c(S(=O)NC(C)(C)C)c1)c1nc2cccc(F)c2c(=O)n1-c1ccccc1. The van der Waals surface area contributed by atoms with Crippen LogP contribution in [0.15, 0.2) is 70.5 Å². The van der Waals surface area contributed by atoms with Crippen LogP contribution in [0.2, 0.25) is 0 Å². The molecule has 2 aromatic carbocycles. The predicted octanol–water partition coefficient (Wildman–Crippen LogP) is 4.82. The van der Waals surface area contributed by atoms with Crippen LogP contribution in [-0.4, -0.2) is 34.3 Å². The van der Waals surface area contributed by atoms with Gasteiger partial charge in [-0.05, 0) is 64.4 Å². The number of hydrogen-bond donors (Lipinski definition) is 4. The smallest absolute Gasteiger partial charge is 0.269 e. The monoisotopic (exact) mass is 615 g/mol. The van der Waals surface area contributed by atoms with E-state index in [0.717, 1.165) is 0 Å². The van der Waals surface area contributed by atoms with E-state index in [9.17, 15) is 13.4 Å². The van der Waals surface area contributed by atoms with Crippen molar-refractivity contribution in [3.63, 3.8) is 0 Å². The minimum absolute atomic E-state index is 0.0270. The van der Waals surface area contributed by atoms with Crippen molar-refractivity contribution in [1.29, 1.82) is 0 Å². The zero-order valence-electron chi connectivity index (χ0n) is 25.1. The maximum Gasteiger partial charge on any atom is 0.269 e. The number of hydrogen-bond acceptors (Lipinski definition) is 9. The van der Waals surface area contributed by atoms with Crippen molar-refractivity contribution in [3.05, 3.63) is 88.5 Å². The molecule has 0 aliphatic carbocycles. The van der Waals surface area contributed by atoms with E-state index in [1.807, 2.05) is 33.8 Å². The molecule has 0 amide bonds. The van der Waals surface area contributed by atoms with Crippen LogP contribution in [-0.2, 0) is 11.0 Å². The van der Waals surface area contributed by atoms with Crippen LogP contribution in [0.4, 0.5) is 22.0 Å². The number of nitrogen functional groups attached to an aromatic ring is 2. The maximum absolute atomic E-state index is 14.9. The number of aryl methyl sites for hydroxylation is 1. The molecule has 3 aromatic heterocycles. The molecule has 3 heterocycles. The van der Waals surface area contributed by atoms with Gasteiger partial charge in [-0.15, -0.1) is 0 Å². The molecule has 11 nitrogen and oxygen atoms in total. The highest BCUT2D eigenvalue weighted by atomic mass is 32.2. The van der Waals surface area contributed by atoms with E-state index in [4.69, 9.17) is 16.5 Å². The molecule has 2 unspecified atom stereocenters. The maximum atomic E-state index is 14.9. The summed E-state index contributed by atoms with van der Waals surface area (Å²) in [6.45, 7) is 9.39. The zero-order chi connectivity index (χ0) is 31.8. The highest BCUT2D eigenvalue weighted by Crippen LogP contribution is 2.34. The number of nitrogens with zero attached hydrogens (tertiary/aromatic N) is 5. The number of para-hydroxylation sites is 1. The second-order valence-corrected chi connectivity index (χ2v) is 12.5. The minimum Gasteiger partial charge on any atom is -0.383 e. The van der Waals surface area contributed by atoms with Crippen molar-refractivity contribution in [2.45, 2.75) is 57.5 Å². The Labute approximate surface area is 256 Å². The Bertz CT molecular complexity index is 1940. The van der Waals surface area contributed by atoms with Gasteiger partial charge < -0.3 is 16.8 Å². The number of halogens is 1. The summed E-state index contributed by atoms with van der Waals surface area (Å²) in [6.07, 6.45) is 2.02. The molecule has 0 aliphatic heterocycles. The molecule has 6 N–H and O–H groups in total. The molecule has 5 aromatic rings. The molecule has 5 rings (SSSR count). The summed E-state index contributed by atoms with van der Waals surface area (Å²) in [4.78, 5) is 32.1. The van der Waals surface area contributed by atoms with E-state index in [0.29, 0.717) is 45.5 Å². The number of nitrogens with one attached hydrogen (secondary N) is 2. The van der Waals surface area contributed by atoms with Crippen LogP contribution in [0, 0.1) is 12.7 Å². The molecule has 0 saturated heterocycles. The molecular formula is C31H34FN9O2S. The molecule has 0 aliphatic rings. The summed E-state index contributed by atoms with van der Waals surface area (Å²) in [5.74, 6) is 0.206. The third-order valence-corrected chi connectivity index (χ3v) is 8.32. The summed E-state index contributed by atoms with van der Waals surface area (Å²) in [5, 5.41) is 3.31. The van der Waals surface area contributed by atoms with E-state index in [-0.39, 0.29) is 22.7 Å². The van der Waals surface area contributed by atoms with Gasteiger partial charge in [0, 0.05) is 22.9 Å². The zero-order valence-corrected chi connectivity index (χ0v) is 25.9. The first-order chi connectivity index (χ1) is 20.9. The summed E-state index contributed by atoms with van der Waals surface area (Å²) in [7, 11) is -1.65. The van der Waals surface area contributed by atoms with E-state index in [1.54, 1.807) is 49.5 Å². The average Bonchev–Trinajstić information content (AvgIpc) is 2.95. The highest BCUT2D eigenvalue weighted by molar-refractivity contribution is 7.83. The van der Waals surface area contributed by atoms with Gasteiger partial charge in [0.2, 0.25) is 5.95 Å². The molecule has 2 atom stereocenters. The Morgan fingerprint density at radius 1 is 1.05 bits per heavy atom. The molecule has 0 fully saturated rings. The lowest BCUT2D eigenvalue weighted by atomic mass is 10.1. The van der Waals surface area contributed by atoms with E-state index in [1.165, 1.54) is 16.7 Å². The summed E-state index contributed by atoms with van der Waals surface area (Å²) < 4.78 is 32.5. The quantitative estimate of drug-likeness (QED) is 0.191. The normalized spacial score (nSPS) is 13.1. The van der Waals surface area contributed by atoms with E-state index >= 15 is 0 Å². The lowest BCUT2D eigenvalue weighted by molar-refractivity contribution is 0.519. The molecule has 0 bridgehead atoms. The summed E-state index contributed by atoms with van der Waals surface area (Å²) >= 11 is 0. The number of aromatic nitrogens is 5. The molecule has 44 heavy (non-hydrogen) atoms. The molecule has 0 radical (unpaired) electrons. The van der Waals surface area contributed by atoms with Gasteiger partial charge in [0.1, 0.15) is 39.6 Å². The van der Waals surface area contributed by atoms with Gasteiger partial charge in [0.05, 0.1) is 27.8 Å². The van der Waals surface area contributed by atoms with Gasteiger partial charge in [-0.25, -0.2) is 28.3 Å². The lowest BCUT2D eigenvalue weighted by Crippen LogP contribution is -2.37. The lowest BCUT2D eigenvalue weighted by Gasteiger charge is -2.24. The van der Waals surface area contributed by atoms with E-state index < -0.39 is 33.9 Å². The van der Waals surface area contributed by atoms with Crippen molar-refractivity contribution in [2.24, 2.45) is 0 Å². The van der Waals surface area contributed by atoms with Crippen molar-refractivity contribution in [1.82, 2.24) is 29.2 Å². The molecule has 13 heteroatoms. The van der Waals surface area contributed by atoms with Gasteiger partial charge in [-0.2, -0.15) is 4.98 Å². The fraction of sp³-hybridized carbons (Fsp3) is 0.258. The highest BCUT2D eigenvalue weighted by Gasteiger charge is 2.25. The molecule has 228 valence electrons. The number of anilines is 3. The van der Waals surface area contributed by atoms with Gasteiger partial charge in [0.25, 0.3) is 5.56 Å². The van der Waals surface area contributed by atoms with Gasteiger partial charge in [-0.1, -0.05) is 31.2 Å². The number of benzene rings is 2. The number of pyridine rings is 1. The van der Waals surface area contributed by atoms with Crippen LogP contribution in [0.5, 0.6) is 0 Å². The molecule has 0 spiro atoms. The standard InChI is InChI=1S/C31H34FN9O2S/c1-6-21(28-38-22-14-10-13-20(32)25(22)29(42)41(28)19-11-8-7-9-12-19)37-27-24(17(2)36-30(34)39-27)18-15-23(26(33)35-16-18)44(43)40-31(3,4)5/h7-16,21,40H,6H2,1-5H3,(H2,33,35)(H3,34,36,37,39). The fourth-order valence-corrected chi connectivity index (χ4v) is 6.04. The second-order valence-electron chi connectivity index (χ2n) is 11.3. The predicted molar refractivity (Wildman–Crippen MR) is 172 cm³/mol. The largest absolute Gasteiger partial charge is 0.383 e. The number of nitrogens with two attached hydrogens (primary N) is 2. The summed E-state index contributed by atoms with van der Waals surface area (Å²) in [5.41, 5.74) is 13.7. The van der Waals surface area contributed by atoms with Gasteiger partial charge in [0.15, 0.2) is 0 Å². The Balaban J connectivity index is 1.67. The fourth-order valence-electron chi connectivity index (χ4n) is 4.90.